The first-order valence-electron chi connectivity index (χ1n) is 12.0. The number of aromatic nitrogens is 2. The van der Waals surface area contributed by atoms with Gasteiger partial charge in [0.05, 0.1) is 30.7 Å². The van der Waals surface area contributed by atoms with Gasteiger partial charge in [0.15, 0.2) is 0 Å². The number of hydrogen-bond acceptors (Lipinski definition) is 4. The van der Waals surface area contributed by atoms with Crippen LogP contribution in [-0.4, -0.2) is 22.8 Å². The van der Waals surface area contributed by atoms with Crippen molar-refractivity contribution in [1.29, 1.82) is 0 Å². The summed E-state index contributed by atoms with van der Waals surface area (Å²) in [5.74, 6) is 0.920. The molecule has 0 aliphatic heterocycles. The highest BCUT2D eigenvalue weighted by atomic mass is 19.1. The molecular formula is C30H30FN3O3. The monoisotopic (exact) mass is 499 g/mol. The second kappa shape index (κ2) is 11.6. The minimum Gasteiger partial charge on any atom is -0.496 e. The normalized spacial score (nSPS) is 11.1. The van der Waals surface area contributed by atoms with Gasteiger partial charge in [-0.3, -0.25) is 9.48 Å². The molecule has 1 aromatic heterocycles. The highest BCUT2D eigenvalue weighted by Gasteiger charge is 2.14. The average molecular weight is 500 g/mol. The van der Waals surface area contributed by atoms with E-state index in [1.54, 1.807) is 36.1 Å². The third-order valence-corrected chi connectivity index (χ3v) is 6.02. The van der Waals surface area contributed by atoms with Crippen molar-refractivity contribution in [3.8, 4) is 11.5 Å². The van der Waals surface area contributed by atoms with E-state index in [-0.39, 0.29) is 18.3 Å². The minimum absolute atomic E-state index is 0.282. The van der Waals surface area contributed by atoms with Crippen LogP contribution in [0.1, 0.15) is 33.6 Å². The second-order valence-electron chi connectivity index (χ2n) is 8.79. The summed E-state index contributed by atoms with van der Waals surface area (Å²) in [6.07, 6.45) is 3.21. The molecule has 37 heavy (non-hydrogen) atoms. The van der Waals surface area contributed by atoms with E-state index in [0.29, 0.717) is 29.3 Å². The summed E-state index contributed by atoms with van der Waals surface area (Å²) in [5.41, 5.74) is 5.39. The molecule has 190 valence electrons. The van der Waals surface area contributed by atoms with Crippen LogP contribution in [0.25, 0.3) is 6.08 Å². The van der Waals surface area contributed by atoms with E-state index in [0.717, 1.165) is 28.1 Å². The third kappa shape index (κ3) is 6.44. The molecule has 0 fully saturated rings. The molecule has 0 aliphatic rings. The molecule has 0 saturated heterocycles. The Bertz CT molecular complexity index is 1440. The Morgan fingerprint density at radius 2 is 1.84 bits per heavy atom. The predicted molar refractivity (Wildman–Crippen MR) is 143 cm³/mol. The number of ether oxygens (including phenoxy) is 2. The Morgan fingerprint density at radius 1 is 1.03 bits per heavy atom. The van der Waals surface area contributed by atoms with E-state index in [1.165, 1.54) is 12.1 Å². The van der Waals surface area contributed by atoms with Crippen molar-refractivity contribution in [1.82, 2.24) is 9.78 Å². The van der Waals surface area contributed by atoms with Crippen LogP contribution >= 0.6 is 0 Å². The van der Waals surface area contributed by atoms with Crippen LogP contribution in [0.4, 0.5) is 10.1 Å². The summed E-state index contributed by atoms with van der Waals surface area (Å²) < 4.78 is 27.2. The number of hydrogen-bond donors (Lipinski definition) is 1. The molecule has 0 aliphatic carbocycles. The molecule has 0 atom stereocenters. The van der Waals surface area contributed by atoms with Crippen LogP contribution in [0.5, 0.6) is 11.5 Å². The first kappa shape index (κ1) is 25.7. The van der Waals surface area contributed by atoms with Crippen molar-refractivity contribution >= 4 is 17.7 Å². The Morgan fingerprint density at radius 3 is 2.59 bits per heavy atom. The lowest BCUT2D eigenvalue weighted by Gasteiger charge is -2.11. The first-order valence-corrected chi connectivity index (χ1v) is 12.0. The van der Waals surface area contributed by atoms with E-state index in [2.05, 4.69) is 10.4 Å². The number of carbonyl (C=O) groups excluding carboxylic acids is 1. The van der Waals surface area contributed by atoms with Gasteiger partial charge in [-0.25, -0.2) is 4.39 Å². The molecule has 7 heteroatoms. The van der Waals surface area contributed by atoms with Gasteiger partial charge >= 0.3 is 0 Å². The van der Waals surface area contributed by atoms with Gasteiger partial charge in [0.2, 0.25) is 5.91 Å². The zero-order valence-electron chi connectivity index (χ0n) is 21.4. The number of aryl methyl sites for hydroxylation is 2. The highest BCUT2D eigenvalue weighted by molar-refractivity contribution is 6.02. The maximum Gasteiger partial charge on any atom is 0.248 e. The zero-order valence-corrected chi connectivity index (χ0v) is 21.4. The van der Waals surface area contributed by atoms with Crippen molar-refractivity contribution in [2.45, 2.75) is 33.9 Å². The van der Waals surface area contributed by atoms with Crippen LogP contribution < -0.4 is 14.8 Å². The molecule has 4 rings (SSSR count). The lowest BCUT2D eigenvalue weighted by Crippen LogP contribution is -2.10. The summed E-state index contributed by atoms with van der Waals surface area (Å²) in [4.78, 5) is 12.7. The number of rotatable bonds is 9. The molecule has 0 spiro atoms. The smallest absolute Gasteiger partial charge is 0.248 e. The number of nitrogens with zero attached hydrogens (tertiary/aromatic N) is 2. The van der Waals surface area contributed by atoms with E-state index in [9.17, 15) is 9.18 Å². The molecule has 0 bridgehead atoms. The second-order valence-corrected chi connectivity index (χ2v) is 8.79. The van der Waals surface area contributed by atoms with Crippen LogP contribution in [0.2, 0.25) is 0 Å². The fourth-order valence-electron chi connectivity index (χ4n) is 4.04. The molecule has 3 aromatic carbocycles. The molecule has 0 radical (unpaired) electrons. The van der Waals surface area contributed by atoms with Crippen molar-refractivity contribution in [3.63, 3.8) is 0 Å². The van der Waals surface area contributed by atoms with Gasteiger partial charge < -0.3 is 14.8 Å². The molecule has 0 unspecified atom stereocenters. The van der Waals surface area contributed by atoms with Crippen LogP contribution in [0, 0.1) is 26.6 Å². The van der Waals surface area contributed by atoms with Crippen LogP contribution in [0.15, 0.2) is 72.8 Å². The van der Waals surface area contributed by atoms with Crippen molar-refractivity contribution < 1.29 is 18.7 Å². The topological polar surface area (TPSA) is 65.4 Å². The molecular weight excluding hydrogens is 469 g/mol. The number of anilines is 1. The van der Waals surface area contributed by atoms with Crippen LogP contribution in [0.3, 0.4) is 0 Å². The summed E-state index contributed by atoms with van der Waals surface area (Å²) in [5, 5.41) is 7.39. The van der Waals surface area contributed by atoms with Crippen LogP contribution in [-0.2, 0) is 17.9 Å². The SMILES string of the molecule is COc1ccc(/C=C/C(=O)Nc2c(C)nn(Cc3ccccc3F)c2C)cc1COc1cccc(C)c1. The Balaban J connectivity index is 1.44. The van der Waals surface area contributed by atoms with Gasteiger partial charge in [0.1, 0.15) is 23.9 Å². The summed E-state index contributed by atoms with van der Waals surface area (Å²) in [6.45, 7) is 6.30. The maximum atomic E-state index is 14.1. The quantitative estimate of drug-likeness (QED) is 0.277. The summed E-state index contributed by atoms with van der Waals surface area (Å²) >= 11 is 0. The lowest BCUT2D eigenvalue weighted by molar-refractivity contribution is -0.111. The fraction of sp³-hybridized carbons (Fsp3) is 0.200. The zero-order chi connectivity index (χ0) is 26.4. The van der Waals surface area contributed by atoms with E-state index >= 15 is 0 Å². The first-order chi connectivity index (χ1) is 17.8. The number of methoxy groups -OCH3 is 1. The number of carbonyl (C=O) groups is 1. The molecule has 1 amide bonds. The van der Waals surface area contributed by atoms with Gasteiger partial charge in [-0.2, -0.15) is 5.10 Å². The number of benzene rings is 3. The highest BCUT2D eigenvalue weighted by Crippen LogP contribution is 2.24. The lowest BCUT2D eigenvalue weighted by atomic mass is 10.1. The molecule has 1 heterocycles. The van der Waals surface area contributed by atoms with E-state index in [1.807, 2.05) is 63.2 Å². The minimum atomic E-state index is -0.287. The Hall–Kier alpha value is -4.39. The average Bonchev–Trinajstić information content (AvgIpc) is 3.15. The fourth-order valence-corrected chi connectivity index (χ4v) is 4.04. The standard InChI is InChI=1S/C30H30FN3O3/c1-20-8-7-10-26(16-20)37-19-25-17-23(12-14-28(25)36-4)13-15-29(35)32-30-21(2)33-34(22(30)3)18-24-9-5-6-11-27(24)31/h5-17H,18-19H2,1-4H3,(H,32,35)/b15-13+. The third-order valence-electron chi connectivity index (χ3n) is 6.02. The number of amides is 1. The molecule has 0 saturated carbocycles. The molecule has 1 N–H and O–H groups in total. The van der Waals surface area contributed by atoms with Crippen molar-refractivity contribution in [2.75, 3.05) is 12.4 Å². The molecule has 6 nitrogen and oxygen atoms in total. The number of nitrogens with one attached hydrogen (secondary N) is 1. The summed E-state index contributed by atoms with van der Waals surface area (Å²) in [6, 6.07) is 20.1. The number of halogens is 1. The van der Waals surface area contributed by atoms with E-state index < -0.39 is 0 Å². The van der Waals surface area contributed by atoms with Crippen molar-refractivity contribution in [2.24, 2.45) is 0 Å². The van der Waals surface area contributed by atoms with Gasteiger partial charge in [0.25, 0.3) is 0 Å². The predicted octanol–water partition coefficient (Wildman–Crippen LogP) is 6.24. The maximum absolute atomic E-state index is 14.1. The van der Waals surface area contributed by atoms with Gasteiger partial charge in [-0.1, -0.05) is 36.4 Å². The van der Waals surface area contributed by atoms with Gasteiger partial charge in [-0.15, -0.1) is 0 Å². The van der Waals surface area contributed by atoms with Crippen molar-refractivity contribution in [3.05, 3.63) is 112 Å². The van der Waals surface area contributed by atoms with Gasteiger partial charge in [-0.05, 0) is 68.3 Å². The summed E-state index contributed by atoms with van der Waals surface area (Å²) in [7, 11) is 1.62. The van der Waals surface area contributed by atoms with E-state index in [4.69, 9.17) is 9.47 Å². The Labute approximate surface area is 216 Å². The van der Waals surface area contributed by atoms with Gasteiger partial charge in [0, 0.05) is 17.2 Å². The molecule has 4 aromatic rings. The largest absolute Gasteiger partial charge is 0.496 e. The Kier molecular flexibility index (Phi) is 8.03.